The van der Waals surface area contributed by atoms with Gasteiger partial charge in [0.1, 0.15) is 35.6 Å². The molecule has 12 heteroatoms. The van der Waals surface area contributed by atoms with Gasteiger partial charge in [0.05, 0.1) is 25.8 Å². The fourth-order valence-electron chi connectivity index (χ4n) is 5.35. The number of carbonyl (C=O) groups is 1. The molecule has 1 aromatic heterocycles. The van der Waals surface area contributed by atoms with Gasteiger partial charge in [-0.05, 0) is 30.5 Å². The minimum absolute atomic E-state index is 0.0217. The van der Waals surface area contributed by atoms with Gasteiger partial charge < -0.3 is 25.0 Å². The minimum Gasteiger partial charge on any atom is -0.394 e. The fraction of sp³-hybridized carbons (Fsp3) is 0.423. The monoisotopic (exact) mass is 532 g/mol. The molecule has 2 saturated heterocycles. The molecule has 2 fully saturated rings. The summed E-state index contributed by atoms with van der Waals surface area (Å²) in [5, 5.41) is 40.3. The number of halogens is 3. The Morgan fingerprint density at radius 1 is 1.13 bits per heavy atom. The molecule has 2 aliphatic heterocycles. The van der Waals surface area contributed by atoms with Gasteiger partial charge in [-0.15, -0.1) is 5.10 Å². The van der Waals surface area contributed by atoms with Crippen LogP contribution in [0.4, 0.5) is 13.2 Å². The number of benzene rings is 2. The smallest absolute Gasteiger partial charge is 0.227 e. The zero-order valence-electron chi connectivity index (χ0n) is 20.3. The molecule has 1 amide bonds. The largest absolute Gasteiger partial charge is 0.394 e. The summed E-state index contributed by atoms with van der Waals surface area (Å²) in [5.74, 6) is -4.57. The molecular weight excluding hydrogens is 505 g/mol. The maximum absolute atomic E-state index is 13.8. The first kappa shape index (κ1) is 26.3. The van der Waals surface area contributed by atoms with Gasteiger partial charge in [-0.1, -0.05) is 35.5 Å². The molecule has 1 spiro atoms. The third-order valence-electron chi connectivity index (χ3n) is 7.29. The van der Waals surface area contributed by atoms with E-state index in [4.69, 9.17) is 4.74 Å². The Balaban J connectivity index is 1.42. The molecule has 5 atom stereocenters. The first-order valence-corrected chi connectivity index (χ1v) is 12.3. The maximum atomic E-state index is 13.8. The highest BCUT2D eigenvalue weighted by molar-refractivity contribution is 5.79. The lowest BCUT2D eigenvalue weighted by atomic mass is 9.78. The highest BCUT2D eigenvalue weighted by atomic mass is 19.2. The summed E-state index contributed by atoms with van der Waals surface area (Å²) in [5.41, 5.74) is -0.589. The van der Waals surface area contributed by atoms with Gasteiger partial charge in [0, 0.05) is 12.1 Å². The average Bonchev–Trinajstić information content (AvgIpc) is 3.40. The number of carbonyl (C=O) groups excluding carboxylic acids is 1. The van der Waals surface area contributed by atoms with Crippen LogP contribution in [0.2, 0.25) is 0 Å². The third kappa shape index (κ3) is 4.80. The Morgan fingerprint density at radius 3 is 2.53 bits per heavy atom. The average molecular weight is 533 g/mol. The highest BCUT2D eigenvalue weighted by Crippen LogP contribution is 2.42. The Hall–Kier alpha value is -3.32. The van der Waals surface area contributed by atoms with Crippen LogP contribution in [0.15, 0.2) is 48.7 Å². The van der Waals surface area contributed by atoms with E-state index in [1.54, 1.807) is 4.90 Å². The highest BCUT2D eigenvalue weighted by Gasteiger charge is 2.56. The fourth-order valence-corrected chi connectivity index (χ4v) is 5.35. The number of aliphatic hydroxyl groups excluding tert-OH is 3. The molecule has 3 heterocycles. The van der Waals surface area contributed by atoms with E-state index in [0.29, 0.717) is 19.4 Å². The number of piperidine rings is 1. The quantitative estimate of drug-likeness (QED) is 0.427. The summed E-state index contributed by atoms with van der Waals surface area (Å²) in [4.78, 5) is 14.7. The van der Waals surface area contributed by atoms with Crippen LogP contribution in [0.25, 0.3) is 11.3 Å². The molecule has 2 aromatic carbocycles. The zero-order chi connectivity index (χ0) is 27.0. The van der Waals surface area contributed by atoms with E-state index >= 15 is 0 Å². The van der Waals surface area contributed by atoms with Crippen LogP contribution in [-0.4, -0.2) is 84.7 Å². The lowest BCUT2D eigenvalue weighted by Crippen LogP contribution is -2.68. The molecule has 3 aromatic rings. The van der Waals surface area contributed by atoms with Crippen LogP contribution < -0.4 is 0 Å². The van der Waals surface area contributed by atoms with Crippen molar-refractivity contribution >= 4 is 5.91 Å². The third-order valence-corrected chi connectivity index (χ3v) is 7.29. The zero-order valence-corrected chi connectivity index (χ0v) is 20.3. The van der Waals surface area contributed by atoms with Crippen LogP contribution in [0.3, 0.4) is 0 Å². The van der Waals surface area contributed by atoms with Crippen LogP contribution in [0, 0.1) is 17.5 Å². The van der Waals surface area contributed by atoms with Gasteiger partial charge in [0.2, 0.25) is 5.91 Å². The molecule has 0 radical (unpaired) electrons. The number of nitrogens with zero attached hydrogens (tertiary/aromatic N) is 4. The second-order valence-electron chi connectivity index (χ2n) is 9.75. The van der Waals surface area contributed by atoms with Gasteiger partial charge in [-0.25, -0.2) is 17.9 Å². The molecule has 2 aliphatic rings. The van der Waals surface area contributed by atoms with E-state index < -0.39 is 54.0 Å². The predicted molar refractivity (Wildman–Crippen MR) is 127 cm³/mol. The van der Waals surface area contributed by atoms with Crippen LogP contribution in [-0.2, 0) is 16.0 Å². The molecule has 0 saturated carbocycles. The van der Waals surface area contributed by atoms with Crippen molar-refractivity contribution in [1.29, 1.82) is 0 Å². The topological polar surface area (TPSA) is 121 Å². The molecular formula is C26H27F3N4O5. The molecule has 38 heavy (non-hydrogen) atoms. The Morgan fingerprint density at radius 2 is 1.84 bits per heavy atom. The van der Waals surface area contributed by atoms with E-state index in [9.17, 15) is 33.3 Å². The van der Waals surface area contributed by atoms with Crippen molar-refractivity contribution in [2.75, 3.05) is 19.7 Å². The molecule has 0 unspecified atom stereocenters. The van der Waals surface area contributed by atoms with Crippen molar-refractivity contribution in [2.24, 2.45) is 0 Å². The predicted octanol–water partition coefficient (Wildman–Crippen LogP) is 1.62. The number of aliphatic hydroxyl groups is 3. The van der Waals surface area contributed by atoms with Gasteiger partial charge in [-0.3, -0.25) is 4.79 Å². The summed E-state index contributed by atoms with van der Waals surface area (Å²) in [6.45, 7) is -0.0921. The minimum atomic E-state index is -1.62. The number of aromatic nitrogens is 3. The molecule has 5 rings (SSSR count). The van der Waals surface area contributed by atoms with Crippen molar-refractivity contribution < 1.29 is 38.0 Å². The summed E-state index contributed by atoms with van der Waals surface area (Å²) < 4.78 is 48.1. The lowest BCUT2D eigenvalue weighted by molar-refractivity contribution is -0.267. The SMILES string of the molecule is O=C(Cc1ccccc1)N1CCC[C@]2(C1)O[C@H](CO)[C@H](O)[C@H](n1cc(-c3cc(F)c(F)c(F)c3)nn1)[C@H]2O. The van der Waals surface area contributed by atoms with E-state index in [-0.39, 0.29) is 30.1 Å². The Labute approximate surface area is 216 Å². The molecule has 0 aliphatic carbocycles. The van der Waals surface area contributed by atoms with Crippen LogP contribution >= 0.6 is 0 Å². The number of rotatable bonds is 5. The van der Waals surface area contributed by atoms with Crippen molar-refractivity contribution in [2.45, 2.75) is 49.2 Å². The first-order valence-electron chi connectivity index (χ1n) is 12.3. The van der Waals surface area contributed by atoms with Crippen LogP contribution in [0.1, 0.15) is 24.4 Å². The van der Waals surface area contributed by atoms with Gasteiger partial charge in [-0.2, -0.15) is 0 Å². The van der Waals surface area contributed by atoms with Gasteiger partial charge >= 0.3 is 0 Å². The number of hydrogen-bond donors (Lipinski definition) is 3. The van der Waals surface area contributed by atoms with E-state index in [0.717, 1.165) is 22.4 Å². The molecule has 9 nitrogen and oxygen atoms in total. The number of likely N-dealkylation sites (tertiary alicyclic amines) is 1. The second-order valence-corrected chi connectivity index (χ2v) is 9.75. The van der Waals surface area contributed by atoms with Gasteiger partial charge in [0.15, 0.2) is 17.5 Å². The summed E-state index contributed by atoms with van der Waals surface area (Å²) in [7, 11) is 0. The maximum Gasteiger partial charge on any atom is 0.227 e. The lowest BCUT2D eigenvalue weighted by Gasteiger charge is -2.53. The van der Waals surface area contributed by atoms with Crippen molar-refractivity contribution in [3.8, 4) is 11.3 Å². The molecule has 0 bridgehead atoms. The number of ether oxygens (including phenoxy) is 1. The Bertz CT molecular complexity index is 1290. The summed E-state index contributed by atoms with van der Waals surface area (Å²) in [6.07, 6.45) is -1.64. The molecule has 202 valence electrons. The normalized spacial score (nSPS) is 27.6. The van der Waals surface area contributed by atoms with Crippen molar-refractivity contribution in [3.63, 3.8) is 0 Å². The van der Waals surface area contributed by atoms with Crippen molar-refractivity contribution in [1.82, 2.24) is 19.9 Å². The number of hydrogen-bond acceptors (Lipinski definition) is 7. The number of amides is 1. The van der Waals surface area contributed by atoms with Gasteiger partial charge in [0.25, 0.3) is 0 Å². The first-order chi connectivity index (χ1) is 18.2. The standard InChI is InChI=1S/C26H27F3N4O5/c27-17-10-16(11-18(28)22(17)29)19-12-33(31-30-19)23-24(36)20(13-34)38-26(25(23)37)7-4-8-32(14-26)21(35)9-15-5-2-1-3-6-15/h1-3,5-6,10-12,20,23-25,34,36-37H,4,7-9,13-14H2/t20-,23+,24+,25-,26-/m1/s1. The summed E-state index contributed by atoms with van der Waals surface area (Å²) >= 11 is 0. The van der Waals surface area contributed by atoms with Crippen LogP contribution in [0.5, 0.6) is 0 Å². The second kappa shape index (κ2) is 10.4. The van der Waals surface area contributed by atoms with E-state index in [2.05, 4.69) is 10.3 Å². The van der Waals surface area contributed by atoms with E-state index in [1.165, 1.54) is 6.20 Å². The molecule has 3 N–H and O–H groups in total. The van der Waals surface area contributed by atoms with E-state index in [1.807, 2.05) is 30.3 Å². The van der Waals surface area contributed by atoms with Crippen molar-refractivity contribution in [3.05, 3.63) is 71.7 Å². The summed E-state index contributed by atoms with van der Waals surface area (Å²) in [6, 6.07) is 9.59. The Kier molecular flexibility index (Phi) is 7.23.